The van der Waals surface area contributed by atoms with E-state index in [1.165, 1.54) is 49.3 Å². The van der Waals surface area contributed by atoms with E-state index in [0.717, 1.165) is 32.0 Å². The maximum absolute atomic E-state index is 4.60. The van der Waals surface area contributed by atoms with Crippen molar-refractivity contribution in [2.45, 2.75) is 58.8 Å². The highest BCUT2D eigenvalue weighted by Crippen LogP contribution is 2.30. The summed E-state index contributed by atoms with van der Waals surface area (Å²) in [5.74, 6) is 0.809. The fourth-order valence-corrected chi connectivity index (χ4v) is 4.74. The van der Waals surface area contributed by atoms with Crippen molar-refractivity contribution in [2.75, 3.05) is 19.6 Å². The van der Waals surface area contributed by atoms with E-state index in [9.17, 15) is 0 Å². The van der Waals surface area contributed by atoms with E-state index in [1.54, 1.807) is 0 Å². The second-order valence-corrected chi connectivity index (χ2v) is 8.18. The van der Waals surface area contributed by atoms with Gasteiger partial charge in [0.25, 0.3) is 0 Å². The zero-order valence-corrected chi connectivity index (χ0v) is 16.3. The molecule has 0 aliphatic carbocycles. The molecule has 26 heavy (non-hydrogen) atoms. The maximum Gasteiger partial charge on any atom is 0.0537 e. The molecule has 2 aromatic rings. The van der Waals surface area contributed by atoms with E-state index in [1.807, 2.05) is 0 Å². The first-order valence-corrected chi connectivity index (χ1v) is 10.2. The third-order valence-electron chi connectivity index (χ3n) is 6.17. The summed E-state index contributed by atoms with van der Waals surface area (Å²) in [6.45, 7) is 11.3. The predicted octanol–water partition coefficient (Wildman–Crippen LogP) is 3.70. The van der Waals surface area contributed by atoms with Gasteiger partial charge in [0.2, 0.25) is 0 Å². The van der Waals surface area contributed by atoms with Gasteiger partial charge in [0.1, 0.15) is 0 Å². The lowest BCUT2D eigenvalue weighted by Crippen LogP contribution is -2.43. The smallest absolute Gasteiger partial charge is 0.0537 e. The fourth-order valence-electron chi connectivity index (χ4n) is 4.74. The molecule has 2 atom stereocenters. The SMILES string of the molecule is CCCn1ncc(CN2C[C@@H]3CC[C@H](C2)N(Cc2ccccc2)C3)c1C. The van der Waals surface area contributed by atoms with E-state index < -0.39 is 0 Å². The Labute approximate surface area is 157 Å². The first-order valence-electron chi connectivity index (χ1n) is 10.2. The molecule has 140 valence electrons. The molecule has 2 bridgehead atoms. The quantitative estimate of drug-likeness (QED) is 0.792. The van der Waals surface area contributed by atoms with Crippen molar-refractivity contribution >= 4 is 0 Å². The van der Waals surface area contributed by atoms with Crippen molar-refractivity contribution in [1.29, 1.82) is 0 Å². The molecule has 1 aromatic carbocycles. The zero-order chi connectivity index (χ0) is 17.9. The Morgan fingerprint density at radius 2 is 1.88 bits per heavy atom. The maximum atomic E-state index is 4.60. The van der Waals surface area contributed by atoms with Gasteiger partial charge < -0.3 is 0 Å². The van der Waals surface area contributed by atoms with Gasteiger partial charge in [-0.15, -0.1) is 0 Å². The number of aromatic nitrogens is 2. The van der Waals surface area contributed by atoms with Crippen LogP contribution in [0, 0.1) is 12.8 Å². The van der Waals surface area contributed by atoms with Crippen LogP contribution >= 0.6 is 0 Å². The molecule has 0 spiro atoms. The topological polar surface area (TPSA) is 24.3 Å². The van der Waals surface area contributed by atoms with Gasteiger partial charge in [0.15, 0.2) is 0 Å². The fraction of sp³-hybridized carbons (Fsp3) is 0.591. The minimum atomic E-state index is 0.694. The van der Waals surface area contributed by atoms with Crippen LogP contribution in [0.4, 0.5) is 0 Å². The predicted molar refractivity (Wildman–Crippen MR) is 106 cm³/mol. The summed E-state index contributed by atoms with van der Waals surface area (Å²) < 4.78 is 2.17. The highest BCUT2D eigenvalue weighted by atomic mass is 15.3. The van der Waals surface area contributed by atoms with Crippen LogP contribution in [0.15, 0.2) is 36.5 Å². The van der Waals surface area contributed by atoms with Crippen molar-refractivity contribution in [2.24, 2.45) is 5.92 Å². The van der Waals surface area contributed by atoms with E-state index in [-0.39, 0.29) is 0 Å². The summed E-state index contributed by atoms with van der Waals surface area (Å²) in [7, 11) is 0. The number of aryl methyl sites for hydroxylation is 1. The minimum Gasteiger partial charge on any atom is -0.297 e. The summed E-state index contributed by atoms with van der Waals surface area (Å²) in [6, 6.07) is 11.7. The summed E-state index contributed by atoms with van der Waals surface area (Å²) >= 11 is 0. The lowest BCUT2D eigenvalue weighted by atomic mass is 9.94. The van der Waals surface area contributed by atoms with Crippen LogP contribution in [0.3, 0.4) is 0 Å². The molecule has 0 amide bonds. The number of hydrogen-bond donors (Lipinski definition) is 0. The molecule has 1 aromatic heterocycles. The number of piperidine rings is 1. The molecule has 3 saturated heterocycles. The molecule has 0 saturated carbocycles. The summed E-state index contributed by atoms with van der Waals surface area (Å²) in [6.07, 6.45) is 5.98. The van der Waals surface area contributed by atoms with E-state index in [4.69, 9.17) is 0 Å². The van der Waals surface area contributed by atoms with Gasteiger partial charge in [-0.2, -0.15) is 5.10 Å². The molecule has 3 aliphatic heterocycles. The Morgan fingerprint density at radius 1 is 1.04 bits per heavy atom. The van der Waals surface area contributed by atoms with Gasteiger partial charge in [-0.25, -0.2) is 0 Å². The number of rotatable bonds is 6. The van der Waals surface area contributed by atoms with Gasteiger partial charge in [-0.3, -0.25) is 14.5 Å². The van der Waals surface area contributed by atoms with Gasteiger partial charge >= 0.3 is 0 Å². The first-order chi connectivity index (χ1) is 12.7. The molecule has 0 unspecified atom stereocenters. The van der Waals surface area contributed by atoms with Crippen LogP contribution in [-0.2, 0) is 19.6 Å². The highest BCUT2D eigenvalue weighted by molar-refractivity contribution is 5.17. The zero-order valence-electron chi connectivity index (χ0n) is 16.3. The van der Waals surface area contributed by atoms with Gasteiger partial charge in [-0.1, -0.05) is 37.3 Å². The van der Waals surface area contributed by atoms with Crippen LogP contribution < -0.4 is 0 Å². The van der Waals surface area contributed by atoms with Gasteiger partial charge in [0, 0.05) is 56.6 Å². The molecular formula is C22H32N4. The first kappa shape index (κ1) is 17.7. The van der Waals surface area contributed by atoms with E-state index >= 15 is 0 Å². The number of benzene rings is 1. The largest absolute Gasteiger partial charge is 0.297 e. The Kier molecular flexibility index (Phi) is 5.41. The van der Waals surface area contributed by atoms with Gasteiger partial charge in [0.05, 0.1) is 6.20 Å². The summed E-state index contributed by atoms with van der Waals surface area (Å²) in [5.41, 5.74) is 4.21. The average Bonchev–Trinajstić information content (AvgIpc) is 2.82. The summed E-state index contributed by atoms with van der Waals surface area (Å²) in [5, 5.41) is 4.60. The number of hydrogen-bond acceptors (Lipinski definition) is 3. The molecule has 5 rings (SSSR count). The number of nitrogens with zero attached hydrogens (tertiary/aromatic N) is 4. The lowest BCUT2D eigenvalue weighted by molar-refractivity contribution is 0.123. The Bertz CT molecular complexity index is 708. The van der Waals surface area contributed by atoms with Crippen molar-refractivity contribution < 1.29 is 0 Å². The van der Waals surface area contributed by atoms with Crippen molar-refractivity contribution in [1.82, 2.24) is 19.6 Å². The second-order valence-electron chi connectivity index (χ2n) is 8.18. The third-order valence-corrected chi connectivity index (χ3v) is 6.17. The van der Waals surface area contributed by atoms with Crippen molar-refractivity contribution in [3.8, 4) is 0 Å². The van der Waals surface area contributed by atoms with Crippen LogP contribution in [0.5, 0.6) is 0 Å². The van der Waals surface area contributed by atoms with Crippen molar-refractivity contribution in [3.63, 3.8) is 0 Å². The number of fused-ring (bicyclic) bond motifs is 4. The van der Waals surface area contributed by atoms with E-state index in [0.29, 0.717) is 6.04 Å². The monoisotopic (exact) mass is 352 g/mol. The van der Waals surface area contributed by atoms with Gasteiger partial charge in [-0.05, 0) is 37.7 Å². The molecule has 0 radical (unpaired) electrons. The molecule has 4 heterocycles. The van der Waals surface area contributed by atoms with Crippen LogP contribution in [-0.4, -0.2) is 45.3 Å². The molecule has 4 heteroatoms. The van der Waals surface area contributed by atoms with Crippen LogP contribution in [0.1, 0.15) is 43.0 Å². The van der Waals surface area contributed by atoms with Crippen LogP contribution in [0.25, 0.3) is 0 Å². The molecule has 3 fully saturated rings. The highest BCUT2D eigenvalue weighted by Gasteiger charge is 2.34. The average molecular weight is 353 g/mol. The Hall–Kier alpha value is -1.65. The van der Waals surface area contributed by atoms with Crippen molar-refractivity contribution in [3.05, 3.63) is 53.3 Å². The molecule has 4 nitrogen and oxygen atoms in total. The normalized spacial score (nSPS) is 24.1. The van der Waals surface area contributed by atoms with Crippen LogP contribution in [0.2, 0.25) is 0 Å². The summed E-state index contributed by atoms with van der Waals surface area (Å²) in [4.78, 5) is 5.42. The standard InChI is InChI=1S/C22H32N4/c1-3-11-26-18(2)21(12-23-26)16-24-13-20-9-10-22(17-24)25(15-20)14-19-7-5-4-6-8-19/h4-8,12,20,22H,3,9-11,13-17H2,1-2H3/t20-,22+/m0/s1. The lowest BCUT2D eigenvalue weighted by Gasteiger charge is -2.36. The molecular weight excluding hydrogens is 320 g/mol. The third kappa shape index (κ3) is 3.86. The molecule has 0 N–H and O–H groups in total. The minimum absolute atomic E-state index is 0.694. The Balaban J connectivity index is 1.43. The molecule has 3 aliphatic rings. The Morgan fingerprint density at radius 3 is 2.69 bits per heavy atom. The van der Waals surface area contributed by atoms with E-state index in [2.05, 4.69) is 70.0 Å². The second kappa shape index (κ2) is 7.93.